The van der Waals surface area contributed by atoms with Crippen LogP contribution in [0.4, 0.5) is 10.9 Å². The fraction of sp³-hybridized carbons (Fsp3) is 0.429. The van der Waals surface area contributed by atoms with Gasteiger partial charge in [-0.2, -0.15) is 0 Å². The maximum Gasteiger partial charge on any atom is 0.185 e. The van der Waals surface area contributed by atoms with Gasteiger partial charge in [-0.3, -0.25) is 0 Å². The van der Waals surface area contributed by atoms with E-state index in [-0.39, 0.29) is 0 Å². The van der Waals surface area contributed by atoms with Gasteiger partial charge in [0.2, 0.25) is 0 Å². The van der Waals surface area contributed by atoms with E-state index in [1.54, 1.807) is 18.3 Å². The molecule has 20 heavy (non-hydrogen) atoms. The molecule has 1 aliphatic rings. The normalized spacial score (nSPS) is 17.3. The van der Waals surface area contributed by atoms with Crippen molar-refractivity contribution in [1.29, 1.82) is 0 Å². The topological polar surface area (TPSA) is 52.5 Å². The van der Waals surface area contributed by atoms with Crippen molar-refractivity contribution < 1.29 is 5.11 Å². The molecule has 0 radical (unpaired) electrons. The zero-order valence-corrected chi connectivity index (χ0v) is 12.3. The van der Waals surface area contributed by atoms with Crippen molar-refractivity contribution in [3.05, 3.63) is 35.5 Å². The molecule has 0 saturated carbocycles. The second-order valence-corrected chi connectivity index (χ2v) is 5.73. The van der Waals surface area contributed by atoms with Crippen LogP contribution in [-0.2, 0) is 0 Å². The Balaban J connectivity index is 1.63. The summed E-state index contributed by atoms with van der Waals surface area (Å²) in [5, 5.41) is 12.5. The lowest BCUT2D eigenvalue weighted by atomic mass is 10.3. The summed E-state index contributed by atoms with van der Waals surface area (Å²) >= 11 is 1.60. The molecule has 1 fully saturated rings. The third-order valence-corrected chi connectivity index (χ3v) is 4.38. The number of pyridine rings is 1. The van der Waals surface area contributed by atoms with Gasteiger partial charge in [-0.25, -0.2) is 9.97 Å². The molecule has 2 aromatic heterocycles. The molecule has 6 heteroatoms. The van der Waals surface area contributed by atoms with Crippen molar-refractivity contribution in [1.82, 2.24) is 9.97 Å². The van der Waals surface area contributed by atoms with Crippen LogP contribution in [0.1, 0.15) is 18.7 Å². The Morgan fingerprint density at radius 3 is 2.55 bits per heavy atom. The maximum absolute atomic E-state index is 9.54. The largest absolute Gasteiger partial charge is 0.387 e. The van der Waals surface area contributed by atoms with Gasteiger partial charge < -0.3 is 14.9 Å². The lowest BCUT2D eigenvalue weighted by molar-refractivity contribution is 0.195. The molecule has 1 N–H and O–H groups in total. The molecule has 3 rings (SSSR count). The van der Waals surface area contributed by atoms with E-state index in [0.717, 1.165) is 42.8 Å². The minimum Gasteiger partial charge on any atom is -0.387 e. The smallest absolute Gasteiger partial charge is 0.185 e. The first-order chi connectivity index (χ1) is 9.74. The van der Waals surface area contributed by atoms with E-state index in [9.17, 15) is 5.11 Å². The molecule has 5 nitrogen and oxygen atoms in total. The molecule has 1 unspecified atom stereocenters. The highest BCUT2D eigenvalue weighted by molar-refractivity contribution is 7.13. The fourth-order valence-electron chi connectivity index (χ4n) is 2.28. The van der Waals surface area contributed by atoms with Crippen LogP contribution in [-0.4, -0.2) is 41.3 Å². The summed E-state index contributed by atoms with van der Waals surface area (Å²) in [6.07, 6.45) is 1.34. The Morgan fingerprint density at radius 1 is 1.20 bits per heavy atom. The predicted molar refractivity (Wildman–Crippen MR) is 81.4 cm³/mol. The summed E-state index contributed by atoms with van der Waals surface area (Å²) in [7, 11) is 0. The number of anilines is 2. The molecule has 2 aromatic rings. The summed E-state index contributed by atoms with van der Waals surface area (Å²) in [4.78, 5) is 13.4. The standard InChI is InChI=1S/C14H18N4OS/c1-11(19)12-10-20-14(16-12)18-8-6-17(7-9-18)13-4-2-3-5-15-13/h2-5,10-11,19H,6-9H2,1H3. The molecule has 0 aliphatic carbocycles. The van der Waals surface area contributed by atoms with Crippen LogP contribution in [0.25, 0.3) is 0 Å². The molecule has 0 bridgehead atoms. The monoisotopic (exact) mass is 290 g/mol. The summed E-state index contributed by atoms with van der Waals surface area (Å²) in [6.45, 7) is 5.51. The van der Waals surface area contributed by atoms with E-state index in [2.05, 4.69) is 19.8 Å². The number of rotatable bonds is 3. The van der Waals surface area contributed by atoms with Crippen LogP contribution in [0, 0.1) is 0 Å². The molecule has 3 heterocycles. The summed E-state index contributed by atoms with van der Waals surface area (Å²) in [5.74, 6) is 1.04. The number of aliphatic hydroxyl groups excluding tert-OH is 1. The van der Waals surface area contributed by atoms with Crippen LogP contribution in [0.15, 0.2) is 29.8 Å². The Labute approximate surface area is 122 Å². The van der Waals surface area contributed by atoms with E-state index in [0.29, 0.717) is 0 Å². The quantitative estimate of drug-likeness (QED) is 0.936. The van der Waals surface area contributed by atoms with Gasteiger partial charge >= 0.3 is 0 Å². The minimum absolute atomic E-state index is 0.491. The van der Waals surface area contributed by atoms with Gasteiger partial charge in [0.1, 0.15) is 5.82 Å². The number of aliphatic hydroxyl groups is 1. The number of hydrogen-bond donors (Lipinski definition) is 1. The van der Waals surface area contributed by atoms with Gasteiger partial charge in [0.05, 0.1) is 11.8 Å². The van der Waals surface area contributed by atoms with Crippen molar-refractivity contribution in [3.8, 4) is 0 Å². The van der Waals surface area contributed by atoms with Gasteiger partial charge in [-0.15, -0.1) is 11.3 Å². The maximum atomic E-state index is 9.54. The SMILES string of the molecule is CC(O)c1csc(N2CCN(c3ccccn3)CC2)n1. The first kappa shape index (κ1) is 13.3. The Bertz CT molecular complexity index is 549. The minimum atomic E-state index is -0.491. The average Bonchev–Trinajstić information content (AvgIpc) is 2.98. The summed E-state index contributed by atoms with van der Waals surface area (Å²) in [6, 6.07) is 6.00. The highest BCUT2D eigenvalue weighted by atomic mass is 32.1. The van der Waals surface area contributed by atoms with E-state index in [1.807, 2.05) is 29.8 Å². The van der Waals surface area contributed by atoms with Gasteiger partial charge in [0.25, 0.3) is 0 Å². The van der Waals surface area contributed by atoms with E-state index in [4.69, 9.17) is 0 Å². The number of aromatic nitrogens is 2. The molecular weight excluding hydrogens is 272 g/mol. The van der Waals surface area contributed by atoms with Crippen LogP contribution in [0.3, 0.4) is 0 Å². The van der Waals surface area contributed by atoms with Crippen LogP contribution < -0.4 is 9.80 Å². The highest BCUT2D eigenvalue weighted by Crippen LogP contribution is 2.25. The third kappa shape index (κ3) is 2.76. The van der Waals surface area contributed by atoms with E-state index in [1.165, 1.54) is 0 Å². The fourth-order valence-corrected chi connectivity index (χ4v) is 3.25. The molecule has 0 amide bonds. The van der Waals surface area contributed by atoms with Crippen molar-refractivity contribution in [2.75, 3.05) is 36.0 Å². The van der Waals surface area contributed by atoms with Crippen molar-refractivity contribution >= 4 is 22.3 Å². The van der Waals surface area contributed by atoms with Crippen molar-refractivity contribution in [2.45, 2.75) is 13.0 Å². The van der Waals surface area contributed by atoms with E-state index >= 15 is 0 Å². The van der Waals surface area contributed by atoms with Gasteiger partial charge in [0, 0.05) is 37.8 Å². The Kier molecular flexibility index (Phi) is 3.84. The lowest BCUT2D eigenvalue weighted by Crippen LogP contribution is -2.46. The predicted octanol–water partition coefficient (Wildman–Crippen LogP) is 1.92. The number of piperazine rings is 1. The van der Waals surface area contributed by atoms with Gasteiger partial charge in [-0.05, 0) is 19.1 Å². The lowest BCUT2D eigenvalue weighted by Gasteiger charge is -2.35. The van der Waals surface area contributed by atoms with Gasteiger partial charge in [-0.1, -0.05) is 6.07 Å². The second-order valence-electron chi connectivity index (χ2n) is 4.89. The second kappa shape index (κ2) is 5.76. The molecule has 106 valence electrons. The number of hydrogen-bond acceptors (Lipinski definition) is 6. The van der Waals surface area contributed by atoms with Crippen LogP contribution >= 0.6 is 11.3 Å². The molecule has 1 atom stereocenters. The third-order valence-electron chi connectivity index (χ3n) is 3.46. The highest BCUT2D eigenvalue weighted by Gasteiger charge is 2.20. The average molecular weight is 290 g/mol. The van der Waals surface area contributed by atoms with E-state index < -0.39 is 6.10 Å². The van der Waals surface area contributed by atoms with Gasteiger partial charge in [0.15, 0.2) is 5.13 Å². The molecule has 0 aromatic carbocycles. The van der Waals surface area contributed by atoms with Crippen molar-refractivity contribution in [3.63, 3.8) is 0 Å². The Morgan fingerprint density at radius 2 is 1.95 bits per heavy atom. The molecule has 1 aliphatic heterocycles. The Hall–Kier alpha value is -1.66. The molecule has 0 spiro atoms. The zero-order chi connectivity index (χ0) is 13.9. The van der Waals surface area contributed by atoms with Crippen molar-refractivity contribution in [2.24, 2.45) is 0 Å². The summed E-state index contributed by atoms with van der Waals surface area (Å²) < 4.78 is 0. The number of nitrogens with zero attached hydrogens (tertiary/aromatic N) is 4. The van der Waals surface area contributed by atoms with Crippen LogP contribution in [0.2, 0.25) is 0 Å². The first-order valence-electron chi connectivity index (χ1n) is 6.78. The zero-order valence-electron chi connectivity index (χ0n) is 11.4. The van der Waals surface area contributed by atoms with Crippen LogP contribution in [0.5, 0.6) is 0 Å². The molecular formula is C14H18N4OS. The summed E-state index contributed by atoms with van der Waals surface area (Å²) in [5.41, 5.74) is 0.761. The first-order valence-corrected chi connectivity index (χ1v) is 7.66. The molecule has 1 saturated heterocycles. The number of thiazole rings is 1.